The van der Waals surface area contributed by atoms with Crippen LogP contribution in [-0.2, 0) is 6.54 Å². The van der Waals surface area contributed by atoms with Crippen LogP contribution in [0.15, 0.2) is 28.7 Å². The van der Waals surface area contributed by atoms with Gasteiger partial charge in [-0.3, -0.25) is 4.90 Å². The molecule has 0 saturated carbocycles. The van der Waals surface area contributed by atoms with Gasteiger partial charge in [0.2, 0.25) is 0 Å². The van der Waals surface area contributed by atoms with Gasteiger partial charge in [-0.05, 0) is 25.1 Å². The molecule has 0 spiro atoms. The van der Waals surface area contributed by atoms with E-state index < -0.39 is 0 Å². The van der Waals surface area contributed by atoms with Crippen LogP contribution in [0.25, 0.3) is 0 Å². The Hall–Kier alpha value is -0.380. The van der Waals surface area contributed by atoms with Crippen molar-refractivity contribution in [2.75, 3.05) is 13.6 Å². The van der Waals surface area contributed by atoms with Gasteiger partial charge < -0.3 is 5.73 Å². The molecule has 1 aromatic carbocycles. The van der Waals surface area contributed by atoms with Gasteiger partial charge in [0.15, 0.2) is 0 Å². The van der Waals surface area contributed by atoms with Crippen molar-refractivity contribution in [2.24, 2.45) is 5.73 Å². The fourth-order valence-electron chi connectivity index (χ4n) is 2.53. The Morgan fingerprint density at radius 2 is 1.85 bits per heavy atom. The lowest BCUT2D eigenvalue weighted by Crippen LogP contribution is -2.37. The van der Waals surface area contributed by atoms with Crippen LogP contribution < -0.4 is 5.73 Å². The molecule has 0 aliphatic heterocycles. The molecule has 0 aliphatic carbocycles. The summed E-state index contributed by atoms with van der Waals surface area (Å²) < 4.78 is 1.19. The molecule has 0 bridgehead atoms. The Bertz CT molecular complexity index is 368. The number of likely N-dealkylation sites (N-methyl/N-ethyl adjacent to an activating group) is 1. The van der Waals surface area contributed by atoms with Gasteiger partial charge >= 0.3 is 0 Å². The summed E-state index contributed by atoms with van der Waals surface area (Å²) in [5.74, 6) is 0. The largest absolute Gasteiger partial charge is 0.329 e. The van der Waals surface area contributed by atoms with E-state index in [1.54, 1.807) is 0 Å². The summed E-state index contributed by atoms with van der Waals surface area (Å²) in [6, 6.07) is 8.92. The molecule has 0 radical (unpaired) electrons. The standard InChI is InChI=1S/C17H29BrN2/c1-3-4-5-6-7-11-16(13-19)20(2)14-15-10-8-9-12-17(15)18/h8-10,12,16H,3-7,11,13-14,19H2,1-2H3. The number of nitrogens with zero attached hydrogens (tertiary/aromatic N) is 1. The first kappa shape index (κ1) is 17.7. The summed E-state index contributed by atoms with van der Waals surface area (Å²) in [4.78, 5) is 2.39. The Kier molecular flexibility index (Phi) is 9.16. The summed E-state index contributed by atoms with van der Waals surface area (Å²) in [5, 5.41) is 0. The third-order valence-electron chi connectivity index (χ3n) is 3.91. The van der Waals surface area contributed by atoms with Crippen LogP contribution >= 0.6 is 15.9 Å². The molecule has 1 aromatic rings. The van der Waals surface area contributed by atoms with E-state index in [-0.39, 0.29) is 0 Å². The van der Waals surface area contributed by atoms with Crippen molar-refractivity contribution in [2.45, 2.75) is 58.0 Å². The number of hydrogen-bond acceptors (Lipinski definition) is 2. The van der Waals surface area contributed by atoms with Crippen molar-refractivity contribution >= 4 is 15.9 Å². The third kappa shape index (κ3) is 6.38. The number of rotatable bonds is 10. The summed E-state index contributed by atoms with van der Waals surface area (Å²) in [5.41, 5.74) is 7.29. The maximum absolute atomic E-state index is 5.95. The van der Waals surface area contributed by atoms with Gasteiger partial charge in [-0.2, -0.15) is 0 Å². The average Bonchev–Trinajstić information content (AvgIpc) is 2.45. The monoisotopic (exact) mass is 340 g/mol. The highest BCUT2D eigenvalue weighted by Crippen LogP contribution is 2.19. The molecule has 2 N–H and O–H groups in total. The van der Waals surface area contributed by atoms with E-state index >= 15 is 0 Å². The van der Waals surface area contributed by atoms with Gasteiger partial charge in [-0.15, -0.1) is 0 Å². The maximum atomic E-state index is 5.95. The topological polar surface area (TPSA) is 29.3 Å². The molecule has 20 heavy (non-hydrogen) atoms. The van der Waals surface area contributed by atoms with Gasteiger partial charge in [0.05, 0.1) is 0 Å². The molecule has 2 nitrogen and oxygen atoms in total. The molecular formula is C17H29BrN2. The molecule has 1 rings (SSSR count). The van der Waals surface area contributed by atoms with Crippen LogP contribution in [-0.4, -0.2) is 24.5 Å². The molecule has 1 atom stereocenters. The fourth-order valence-corrected chi connectivity index (χ4v) is 2.94. The summed E-state index contributed by atoms with van der Waals surface area (Å²) in [7, 11) is 2.18. The first-order valence-corrected chi connectivity index (χ1v) is 8.62. The Morgan fingerprint density at radius 3 is 2.50 bits per heavy atom. The van der Waals surface area contributed by atoms with Gasteiger partial charge in [0.1, 0.15) is 0 Å². The normalized spacial score (nSPS) is 12.8. The van der Waals surface area contributed by atoms with Crippen LogP contribution in [0.3, 0.4) is 0 Å². The number of unbranched alkanes of at least 4 members (excludes halogenated alkanes) is 4. The van der Waals surface area contributed by atoms with E-state index in [1.807, 2.05) is 0 Å². The van der Waals surface area contributed by atoms with E-state index in [2.05, 4.69) is 59.1 Å². The zero-order chi connectivity index (χ0) is 14.8. The number of halogens is 1. The highest BCUT2D eigenvalue weighted by Gasteiger charge is 2.13. The van der Waals surface area contributed by atoms with E-state index in [0.717, 1.165) is 13.1 Å². The minimum absolute atomic E-state index is 0.490. The van der Waals surface area contributed by atoms with Gasteiger partial charge in [-0.25, -0.2) is 0 Å². The second-order valence-corrected chi connectivity index (χ2v) is 6.45. The summed E-state index contributed by atoms with van der Waals surface area (Å²) in [6.07, 6.45) is 7.88. The van der Waals surface area contributed by atoms with Crippen molar-refractivity contribution < 1.29 is 0 Å². The molecule has 0 fully saturated rings. The zero-order valence-electron chi connectivity index (χ0n) is 12.9. The van der Waals surface area contributed by atoms with Crippen molar-refractivity contribution in [3.05, 3.63) is 34.3 Å². The van der Waals surface area contributed by atoms with Crippen LogP contribution in [0, 0.1) is 0 Å². The number of nitrogens with two attached hydrogens (primary N) is 1. The van der Waals surface area contributed by atoms with Crippen LogP contribution in [0.1, 0.15) is 51.0 Å². The lowest BCUT2D eigenvalue weighted by Gasteiger charge is -2.27. The predicted octanol–water partition coefficient (Wildman–Crippen LogP) is 4.57. The van der Waals surface area contributed by atoms with E-state index in [1.165, 1.54) is 48.6 Å². The fraction of sp³-hybridized carbons (Fsp3) is 0.647. The Morgan fingerprint density at radius 1 is 1.15 bits per heavy atom. The van der Waals surface area contributed by atoms with E-state index in [9.17, 15) is 0 Å². The predicted molar refractivity (Wildman–Crippen MR) is 91.8 cm³/mol. The molecule has 0 aliphatic rings. The smallest absolute Gasteiger partial charge is 0.0245 e. The minimum atomic E-state index is 0.490. The second kappa shape index (κ2) is 10.4. The molecule has 0 heterocycles. The van der Waals surface area contributed by atoms with Gasteiger partial charge in [0, 0.05) is 23.6 Å². The molecule has 0 saturated heterocycles. The second-order valence-electron chi connectivity index (χ2n) is 5.60. The van der Waals surface area contributed by atoms with Crippen LogP contribution in [0.5, 0.6) is 0 Å². The molecule has 114 valence electrons. The quantitative estimate of drug-likeness (QED) is 0.632. The van der Waals surface area contributed by atoms with Crippen molar-refractivity contribution in [3.8, 4) is 0 Å². The zero-order valence-corrected chi connectivity index (χ0v) is 14.5. The average molecular weight is 341 g/mol. The van der Waals surface area contributed by atoms with Crippen molar-refractivity contribution in [1.82, 2.24) is 4.90 Å². The van der Waals surface area contributed by atoms with Gasteiger partial charge in [-0.1, -0.05) is 73.2 Å². The van der Waals surface area contributed by atoms with Crippen molar-refractivity contribution in [1.29, 1.82) is 0 Å². The molecule has 3 heteroatoms. The highest BCUT2D eigenvalue weighted by molar-refractivity contribution is 9.10. The number of benzene rings is 1. The van der Waals surface area contributed by atoms with E-state index in [4.69, 9.17) is 5.73 Å². The molecule has 0 amide bonds. The molecular weight excluding hydrogens is 312 g/mol. The van der Waals surface area contributed by atoms with Crippen molar-refractivity contribution in [3.63, 3.8) is 0 Å². The van der Waals surface area contributed by atoms with Crippen LogP contribution in [0.2, 0.25) is 0 Å². The first-order chi connectivity index (χ1) is 9.69. The summed E-state index contributed by atoms with van der Waals surface area (Å²) >= 11 is 3.62. The lowest BCUT2D eigenvalue weighted by atomic mass is 10.0. The lowest BCUT2D eigenvalue weighted by molar-refractivity contribution is 0.222. The van der Waals surface area contributed by atoms with E-state index in [0.29, 0.717) is 6.04 Å². The molecule has 1 unspecified atom stereocenters. The molecule has 0 aromatic heterocycles. The SMILES string of the molecule is CCCCCCCC(CN)N(C)Cc1ccccc1Br. The highest BCUT2D eigenvalue weighted by atomic mass is 79.9. The first-order valence-electron chi connectivity index (χ1n) is 7.82. The third-order valence-corrected chi connectivity index (χ3v) is 4.69. The minimum Gasteiger partial charge on any atom is -0.329 e. The Labute approximate surface area is 132 Å². The number of hydrogen-bond donors (Lipinski definition) is 1. The van der Waals surface area contributed by atoms with Crippen LogP contribution in [0.4, 0.5) is 0 Å². The Balaban J connectivity index is 2.38. The maximum Gasteiger partial charge on any atom is 0.0245 e. The summed E-state index contributed by atoms with van der Waals surface area (Å²) in [6.45, 7) is 3.96. The van der Waals surface area contributed by atoms with Gasteiger partial charge in [0.25, 0.3) is 0 Å².